The van der Waals surface area contributed by atoms with E-state index in [1.165, 1.54) is 7.11 Å². The highest BCUT2D eigenvalue weighted by Gasteiger charge is 2.61. The van der Waals surface area contributed by atoms with Crippen LogP contribution in [0.4, 0.5) is 5.69 Å². The van der Waals surface area contributed by atoms with Crippen molar-refractivity contribution in [2.45, 2.75) is 37.3 Å². The summed E-state index contributed by atoms with van der Waals surface area (Å²) in [5.41, 5.74) is 2.11. The van der Waals surface area contributed by atoms with Gasteiger partial charge in [-0.1, -0.05) is 18.2 Å². The Bertz CT molecular complexity index is 850. The standard InChI is InChI=1S/C21H24N2O4/c1-12-14-10-23-8-7-21(16-5-3-4-6-17(16)22-20(21)25)18(23)9-13(14)15(11-27-12)19(24)26-2/h3-6,11-14,18H,7-10H2,1-2H3,(H,22,25)/t12-,13+,14-,18-,21+/m1/s1. The summed E-state index contributed by atoms with van der Waals surface area (Å²) in [6.07, 6.45) is 3.20. The average Bonchev–Trinajstić information content (AvgIpc) is 3.20. The number of carbonyl (C=O) groups is 2. The van der Waals surface area contributed by atoms with Gasteiger partial charge in [0.25, 0.3) is 0 Å². The van der Waals surface area contributed by atoms with Crippen LogP contribution in [0, 0.1) is 11.8 Å². The van der Waals surface area contributed by atoms with E-state index in [0.717, 1.165) is 37.2 Å². The molecule has 142 valence electrons. The van der Waals surface area contributed by atoms with Crippen molar-refractivity contribution in [3.63, 3.8) is 0 Å². The lowest BCUT2D eigenvalue weighted by atomic mass is 9.66. The lowest BCUT2D eigenvalue weighted by Crippen LogP contribution is -2.56. The zero-order valence-corrected chi connectivity index (χ0v) is 15.6. The molecular formula is C21H24N2O4. The van der Waals surface area contributed by atoms with Gasteiger partial charge in [0.2, 0.25) is 5.91 Å². The van der Waals surface area contributed by atoms with E-state index in [1.54, 1.807) is 6.26 Å². The summed E-state index contributed by atoms with van der Waals surface area (Å²) in [4.78, 5) is 27.9. The van der Waals surface area contributed by atoms with Crippen LogP contribution in [0.1, 0.15) is 25.3 Å². The molecule has 4 heterocycles. The molecule has 2 saturated heterocycles. The second-order valence-electron chi connectivity index (χ2n) is 8.14. The van der Waals surface area contributed by atoms with Gasteiger partial charge in [0.15, 0.2) is 0 Å². The fraction of sp³-hybridized carbons (Fsp3) is 0.524. The molecule has 1 spiro atoms. The Balaban J connectivity index is 1.55. The van der Waals surface area contributed by atoms with Crippen LogP contribution < -0.4 is 5.32 Å². The van der Waals surface area contributed by atoms with E-state index >= 15 is 0 Å². The fourth-order valence-corrected chi connectivity index (χ4v) is 5.77. The van der Waals surface area contributed by atoms with Crippen LogP contribution in [-0.2, 0) is 24.5 Å². The van der Waals surface area contributed by atoms with Crippen LogP contribution in [-0.4, -0.2) is 49.1 Å². The second-order valence-corrected chi connectivity index (χ2v) is 8.14. The number of ether oxygens (including phenoxy) is 2. The maximum Gasteiger partial charge on any atom is 0.337 e. The quantitative estimate of drug-likeness (QED) is 0.769. The molecule has 0 aromatic heterocycles. The lowest BCUT2D eigenvalue weighted by molar-refractivity contribution is -0.139. The highest BCUT2D eigenvalue weighted by Crippen LogP contribution is 2.53. The van der Waals surface area contributed by atoms with Crippen molar-refractivity contribution in [2.75, 3.05) is 25.5 Å². The van der Waals surface area contributed by atoms with Crippen LogP contribution in [0.3, 0.4) is 0 Å². The molecule has 1 aromatic carbocycles. The monoisotopic (exact) mass is 368 g/mol. The molecule has 6 heteroatoms. The topological polar surface area (TPSA) is 67.9 Å². The van der Waals surface area contributed by atoms with Crippen LogP contribution in [0.2, 0.25) is 0 Å². The number of rotatable bonds is 1. The van der Waals surface area contributed by atoms with Crippen molar-refractivity contribution in [1.82, 2.24) is 4.90 Å². The molecule has 0 aliphatic carbocycles. The van der Waals surface area contributed by atoms with E-state index in [1.807, 2.05) is 18.2 Å². The Labute approximate surface area is 158 Å². The minimum atomic E-state index is -0.523. The Kier molecular flexibility index (Phi) is 3.63. The Morgan fingerprint density at radius 3 is 3.00 bits per heavy atom. The van der Waals surface area contributed by atoms with Crippen LogP contribution in [0.15, 0.2) is 36.1 Å². The van der Waals surface area contributed by atoms with E-state index in [0.29, 0.717) is 5.57 Å². The number of para-hydroxylation sites is 1. The maximum absolute atomic E-state index is 13.1. The number of hydrogen-bond donors (Lipinski definition) is 1. The van der Waals surface area contributed by atoms with Gasteiger partial charge < -0.3 is 14.8 Å². The van der Waals surface area contributed by atoms with Crippen LogP contribution in [0.25, 0.3) is 0 Å². The first-order valence-corrected chi connectivity index (χ1v) is 9.65. The SMILES string of the molecule is COC(=O)C1=CO[C@H](C)[C@H]2CN3CC[C@@]4(C(=O)Nc5ccccc54)[C@H]3C[C@H]12. The van der Waals surface area contributed by atoms with Crippen LogP contribution in [0.5, 0.6) is 0 Å². The van der Waals surface area contributed by atoms with Crippen molar-refractivity contribution in [3.8, 4) is 0 Å². The molecule has 4 aliphatic rings. The number of amides is 1. The molecule has 1 aromatic rings. The van der Waals surface area contributed by atoms with Gasteiger partial charge in [0.05, 0.1) is 30.5 Å². The number of methoxy groups -OCH3 is 1. The van der Waals surface area contributed by atoms with Gasteiger partial charge in [-0.2, -0.15) is 0 Å². The smallest absolute Gasteiger partial charge is 0.337 e. The number of anilines is 1. The summed E-state index contributed by atoms with van der Waals surface area (Å²) in [5, 5.41) is 3.09. The van der Waals surface area contributed by atoms with Crippen LogP contribution >= 0.6 is 0 Å². The number of nitrogens with zero attached hydrogens (tertiary/aromatic N) is 1. The van der Waals surface area contributed by atoms with Gasteiger partial charge in [-0.15, -0.1) is 0 Å². The third kappa shape index (κ3) is 2.16. The van der Waals surface area contributed by atoms with Crippen molar-refractivity contribution >= 4 is 17.6 Å². The molecule has 1 N–H and O–H groups in total. The molecule has 27 heavy (non-hydrogen) atoms. The third-order valence-electron chi connectivity index (χ3n) is 7.14. The van der Waals surface area contributed by atoms with Crippen molar-refractivity contribution in [3.05, 3.63) is 41.7 Å². The minimum Gasteiger partial charge on any atom is -0.497 e. The van der Waals surface area contributed by atoms with Gasteiger partial charge in [-0.25, -0.2) is 4.79 Å². The summed E-state index contributed by atoms with van der Waals surface area (Å²) < 4.78 is 10.8. The number of nitrogens with one attached hydrogen (secondary N) is 1. The zero-order chi connectivity index (χ0) is 18.8. The predicted molar refractivity (Wildman–Crippen MR) is 99.0 cm³/mol. The summed E-state index contributed by atoms with van der Waals surface area (Å²) in [6.45, 7) is 3.79. The maximum atomic E-state index is 13.1. The number of benzene rings is 1. The first kappa shape index (κ1) is 16.8. The Hall–Kier alpha value is -2.34. The fourth-order valence-electron chi connectivity index (χ4n) is 5.77. The molecule has 0 bridgehead atoms. The molecule has 4 aliphatic heterocycles. The molecule has 1 amide bonds. The zero-order valence-electron chi connectivity index (χ0n) is 15.6. The first-order valence-electron chi connectivity index (χ1n) is 9.65. The van der Waals surface area contributed by atoms with Gasteiger partial charge in [0, 0.05) is 30.1 Å². The second kappa shape index (κ2) is 5.83. The largest absolute Gasteiger partial charge is 0.497 e. The van der Waals surface area contributed by atoms with E-state index in [-0.39, 0.29) is 35.9 Å². The molecule has 5 rings (SSSR count). The number of hydrogen-bond acceptors (Lipinski definition) is 5. The van der Waals surface area contributed by atoms with Gasteiger partial charge >= 0.3 is 5.97 Å². The van der Waals surface area contributed by atoms with Crippen molar-refractivity contribution < 1.29 is 19.1 Å². The summed E-state index contributed by atoms with van der Waals surface area (Å²) in [6, 6.07) is 8.10. The first-order chi connectivity index (χ1) is 13.1. The van der Waals surface area contributed by atoms with Crippen molar-refractivity contribution in [1.29, 1.82) is 0 Å². The van der Waals surface area contributed by atoms with Crippen molar-refractivity contribution in [2.24, 2.45) is 11.8 Å². The minimum absolute atomic E-state index is 0.0468. The molecule has 6 nitrogen and oxygen atoms in total. The molecule has 5 atom stereocenters. The molecule has 0 radical (unpaired) electrons. The lowest BCUT2D eigenvalue weighted by Gasteiger charge is -2.48. The van der Waals surface area contributed by atoms with Gasteiger partial charge in [0.1, 0.15) is 0 Å². The Morgan fingerprint density at radius 1 is 1.37 bits per heavy atom. The highest BCUT2D eigenvalue weighted by molar-refractivity contribution is 6.07. The van der Waals surface area contributed by atoms with E-state index < -0.39 is 5.41 Å². The predicted octanol–water partition coefficient (Wildman–Crippen LogP) is 2.06. The molecule has 0 unspecified atom stereocenters. The number of piperidine rings is 1. The molecule has 0 saturated carbocycles. The Morgan fingerprint density at radius 2 is 2.19 bits per heavy atom. The summed E-state index contributed by atoms with van der Waals surface area (Å²) in [5.74, 6) is 0.0558. The summed E-state index contributed by atoms with van der Waals surface area (Å²) >= 11 is 0. The normalized spacial score (nSPS) is 37.0. The average molecular weight is 368 g/mol. The summed E-state index contributed by atoms with van der Waals surface area (Å²) in [7, 11) is 1.41. The number of carbonyl (C=O) groups excluding carboxylic acids is 2. The third-order valence-corrected chi connectivity index (χ3v) is 7.14. The number of fused-ring (bicyclic) bond motifs is 5. The number of esters is 1. The van der Waals surface area contributed by atoms with Gasteiger partial charge in [-0.3, -0.25) is 9.69 Å². The van der Waals surface area contributed by atoms with E-state index in [9.17, 15) is 9.59 Å². The van der Waals surface area contributed by atoms with E-state index in [4.69, 9.17) is 9.47 Å². The molecule has 2 fully saturated rings. The highest BCUT2D eigenvalue weighted by atomic mass is 16.5. The van der Waals surface area contributed by atoms with Gasteiger partial charge in [-0.05, 0) is 37.9 Å². The van der Waals surface area contributed by atoms with E-state index in [2.05, 4.69) is 23.2 Å². The molecular weight excluding hydrogens is 344 g/mol.